The van der Waals surface area contributed by atoms with E-state index in [2.05, 4.69) is 4.99 Å². The van der Waals surface area contributed by atoms with E-state index in [0.717, 1.165) is 15.6 Å². The monoisotopic (exact) mass is 369 g/mol. The van der Waals surface area contributed by atoms with Gasteiger partial charge in [0.25, 0.3) is 0 Å². The summed E-state index contributed by atoms with van der Waals surface area (Å²) >= 11 is 7.89. The highest BCUT2D eigenvalue weighted by Gasteiger charge is 2.27. The Morgan fingerprint density at radius 1 is 1.20 bits per heavy atom. The highest BCUT2D eigenvalue weighted by Crippen LogP contribution is 2.37. The molecule has 2 aromatic carbocycles. The van der Waals surface area contributed by atoms with Crippen molar-refractivity contribution in [3.05, 3.63) is 69.7 Å². The second-order valence-electron chi connectivity index (χ2n) is 5.35. The van der Waals surface area contributed by atoms with Crippen molar-refractivity contribution in [2.24, 2.45) is 4.99 Å². The third kappa shape index (κ3) is 2.92. The van der Waals surface area contributed by atoms with Crippen molar-refractivity contribution < 1.29 is 14.3 Å². The van der Waals surface area contributed by atoms with Crippen LogP contribution >= 0.6 is 22.9 Å². The zero-order valence-electron chi connectivity index (χ0n) is 13.2. The van der Waals surface area contributed by atoms with Crippen molar-refractivity contribution in [1.29, 1.82) is 0 Å². The van der Waals surface area contributed by atoms with Crippen LogP contribution in [0.2, 0.25) is 5.02 Å². The Morgan fingerprint density at radius 2 is 2.04 bits per heavy atom. The largest absolute Gasteiger partial charge is 0.497 e. The van der Waals surface area contributed by atoms with E-state index in [4.69, 9.17) is 21.1 Å². The summed E-state index contributed by atoms with van der Waals surface area (Å²) in [5.41, 5.74) is 1.04. The summed E-state index contributed by atoms with van der Waals surface area (Å²) in [4.78, 5) is 17.2. The average Bonchev–Trinajstić information content (AvgIpc) is 3.16. The summed E-state index contributed by atoms with van der Waals surface area (Å²) in [7, 11) is 1.59. The van der Waals surface area contributed by atoms with E-state index in [1.54, 1.807) is 13.2 Å². The second kappa shape index (κ2) is 6.35. The molecule has 1 aliphatic rings. The van der Waals surface area contributed by atoms with E-state index < -0.39 is 5.97 Å². The van der Waals surface area contributed by atoms with Crippen molar-refractivity contribution in [2.45, 2.75) is 0 Å². The highest BCUT2D eigenvalue weighted by atomic mass is 35.5. The fourth-order valence-electron chi connectivity index (χ4n) is 2.55. The summed E-state index contributed by atoms with van der Waals surface area (Å²) in [5.74, 6) is 0.453. The van der Waals surface area contributed by atoms with Gasteiger partial charge in [-0.05, 0) is 29.8 Å². The van der Waals surface area contributed by atoms with Crippen LogP contribution in [-0.2, 0) is 9.53 Å². The Hall–Kier alpha value is -2.63. The van der Waals surface area contributed by atoms with E-state index in [1.807, 2.05) is 48.5 Å². The van der Waals surface area contributed by atoms with Crippen LogP contribution in [0.15, 0.2) is 59.2 Å². The molecule has 0 unspecified atom stereocenters. The Kier molecular flexibility index (Phi) is 4.03. The number of nitrogens with zero attached hydrogens (tertiary/aromatic N) is 1. The molecule has 0 bridgehead atoms. The molecule has 0 amide bonds. The summed E-state index contributed by atoms with van der Waals surface area (Å²) in [6.45, 7) is 0. The van der Waals surface area contributed by atoms with Gasteiger partial charge in [-0.15, -0.1) is 11.3 Å². The standard InChI is InChI=1S/C19H12ClNO3S/c1-23-12-6-4-5-11(9-12)10-14-19(22)24-18(21-14)17-16(20)13-7-2-3-8-15(13)25-17/h2-10H,1H3/b14-10+. The van der Waals surface area contributed by atoms with E-state index in [1.165, 1.54) is 11.3 Å². The molecule has 0 saturated carbocycles. The van der Waals surface area contributed by atoms with Crippen molar-refractivity contribution in [2.75, 3.05) is 7.11 Å². The van der Waals surface area contributed by atoms with E-state index in [-0.39, 0.29) is 11.6 Å². The first kappa shape index (κ1) is 15.9. The summed E-state index contributed by atoms with van der Waals surface area (Å²) < 4.78 is 11.5. The summed E-state index contributed by atoms with van der Waals surface area (Å²) in [6.07, 6.45) is 1.67. The van der Waals surface area contributed by atoms with Crippen LogP contribution in [0.5, 0.6) is 5.75 Å². The van der Waals surface area contributed by atoms with Crippen LogP contribution in [0.4, 0.5) is 0 Å². The van der Waals surface area contributed by atoms with Crippen LogP contribution in [0.1, 0.15) is 10.4 Å². The molecule has 0 spiro atoms. The number of benzene rings is 2. The Morgan fingerprint density at radius 3 is 2.84 bits per heavy atom. The molecule has 0 N–H and O–H groups in total. The number of ether oxygens (including phenoxy) is 2. The lowest BCUT2D eigenvalue weighted by Crippen LogP contribution is -2.04. The lowest BCUT2D eigenvalue weighted by Gasteiger charge is -2.00. The van der Waals surface area contributed by atoms with Gasteiger partial charge in [0.05, 0.1) is 12.1 Å². The second-order valence-corrected chi connectivity index (χ2v) is 6.78. The zero-order valence-corrected chi connectivity index (χ0v) is 14.7. The molecule has 2 heterocycles. The first-order chi connectivity index (χ1) is 12.2. The maximum absolute atomic E-state index is 12.2. The van der Waals surface area contributed by atoms with Crippen LogP contribution < -0.4 is 4.74 Å². The molecular weight excluding hydrogens is 358 g/mol. The van der Waals surface area contributed by atoms with Crippen molar-refractivity contribution in [3.63, 3.8) is 0 Å². The fraction of sp³-hybridized carbons (Fsp3) is 0.0526. The molecule has 4 nitrogen and oxygen atoms in total. The lowest BCUT2D eigenvalue weighted by molar-refractivity contribution is -0.129. The molecular formula is C19H12ClNO3S. The quantitative estimate of drug-likeness (QED) is 0.487. The van der Waals surface area contributed by atoms with Crippen molar-refractivity contribution in [1.82, 2.24) is 0 Å². The van der Waals surface area contributed by atoms with Gasteiger partial charge >= 0.3 is 5.97 Å². The number of aliphatic imine (C=N–C) groups is 1. The number of esters is 1. The van der Waals surface area contributed by atoms with Crippen LogP contribution in [-0.4, -0.2) is 19.0 Å². The smallest absolute Gasteiger partial charge is 0.363 e. The minimum Gasteiger partial charge on any atom is -0.497 e. The molecule has 4 rings (SSSR count). The van der Waals surface area contributed by atoms with Gasteiger partial charge in [-0.3, -0.25) is 0 Å². The van der Waals surface area contributed by atoms with Gasteiger partial charge in [0.2, 0.25) is 5.90 Å². The summed E-state index contributed by atoms with van der Waals surface area (Å²) in [6, 6.07) is 15.1. The first-order valence-corrected chi connectivity index (χ1v) is 8.69. The molecule has 0 radical (unpaired) electrons. The third-order valence-electron chi connectivity index (χ3n) is 3.75. The fourth-order valence-corrected chi connectivity index (χ4v) is 3.99. The normalized spacial score (nSPS) is 15.5. The number of rotatable bonds is 3. The molecule has 6 heteroatoms. The Labute approximate surface area is 153 Å². The van der Waals surface area contributed by atoms with Gasteiger partial charge in [-0.2, -0.15) is 0 Å². The minimum absolute atomic E-state index is 0.233. The number of hydrogen-bond donors (Lipinski definition) is 0. The molecule has 1 aromatic heterocycles. The molecule has 0 atom stereocenters. The zero-order chi connectivity index (χ0) is 17.4. The predicted molar refractivity (Wildman–Crippen MR) is 100 cm³/mol. The van der Waals surface area contributed by atoms with Crippen molar-refractivity contribution in [3.8, 4) is 5.75 Å². The van der Waals surface area contributed by atoms with Crippen LogP contribution in [0, 0.1) is 0 Å². The number of carbonyl (C=O) groups excluding carboxylic acids is 1. The first-order valence-electron chi connectivity index (χ1n) is 7.50. The van der Waals surface area contributed by atoms with Gasteiger partial charge in [0.15, 0.2) is 5.70 Å². The predicted octanol–water partition coefficient (Wildman–Crippen LogP) is 4.91. The lowest BCUT2D eigenvalue weighted by atomic mass is 10.2. The molecule has 3 aromatic rings. The number of carbonyl (C=O) groups is 1. The number of halogens is 1. The maximum atomic E-state index is 12.2. The van der Waals surface area contributed by atoms with Crippen molar-refractivity contribution >= 4 is 51.0 Å². The number of fused-ring (bicyclic) bond motifs is 1. The highest BCUT2D eigenvalue weighted by molar-refractivity contribution is 7.21. The molecule has 124 valence electrons. The number of thiophene rings is 1. The van der Waals surface area contributed by atoms with Crippen LogP contribution in [0.25, 0.3) is 16.2 Å². The average molecular weight is 370 g/mol. The molecule has 0 fully saturated rings. The van der Waals surface area contributed by atoms with E-state index in [9.17, 15) is 4.79 Å². The molecule has 0 saturated heterocycles. The molecule has 1 aliphatic heterocycles. The van der Waals surface area contributed by atoms with Crippen LogP contribution in [0.3, 0.4) is 0 Å². The molecule has 25 heavy (non-hydrogen) atoms. The molecule has 0 aliphatic carbocycles. The number of hydrogen-bond acceptors (Lipinski definition) is 5. The van der Waals surface area contributed by atoms with Gasteiger partial charge < -0.3 is 9.47 Å². The van der Waals surface area contributed by atoms with E-state index in [0.29, 0.717) is 15.6 Å². The minimum atomic E-state index is -0.494. The maximum Gasteiger partial charge on any atom is 0.363 e. The number of cyclic esters (lactones) is 1. The summed E-state index contributed by atoms with van der Waals surface area (Å²) in [5, 5.41) is 1.47. The van der Waals surface area contributed by atoms with E-state index >= 15 is 0 Å². The Bertz CT molecular complexity index is 1050. The Balaban J connectivity index is 1.74. The number of methoxy groups -OCH3 is 1. The van der Waals surface area contributed by atoms with Gasteiger partial charge in [-0.25, -0.2) is 9.79 Å². The SMILES string of the molecule is COc1cccc(/C=C2/N=C(c3sc4ccccc4c3Cl)OC2=O)c1. The third-order valence-corrected chi connectivity index (χ3v) is 5.41. The van der Waals surface area contributed by atoms with Gasteiger partial charge in [0, 0.05) is 10.1 Å². The van der Waals surface area contributed by atoms with Gasteiger partial charge in [0.1, 0.15) is 10.6 Å². The topological polar surface area (TPSA) is 47.9 Å². The van der Waals surface area contributed by atoms with Gasteiger partial charge in [-0.1, -0.05) is 41.9 Å².